The van der Waals surface area contributed by atoms with Crippen LogP contribution < -0.4 is 5.32 Å². The topological polar surface area (TPSA) is 88.3 Å². The predicted molar refractivity (Wildman–Crippen MR) is 89.8 cm³/mol. The fourth-order valence-corrected chi connectivity index (χ4v) is 3.76. The van der Waals surface area contributed by atoms with Gasteiger partial charge in [-0.1, -0.05) is 5.16 Å². The van der Waals surface area contributed by atoms with E-state index >= 15 is 0 Å². The van der Waals surface area contributed by atoms with Gasteiger partial charge < -0.3 is 14.7 Å². The Morgan fingerprint density at radius 1 is 1.46 bits per heavy atom. The Hall–Kier alpha value is -2.22. The SMILES string of the molecule is Cc1noc(C)c1-c1ncc(C(=O)NCCCN2CCCC2=O)s1. The summed E-state index contributed by atoms with van der Waals surface area (Å²) in [5, 5.41) is 7.53. The molecule has 0 aromatic carbocycles. The number of nitrogens with one attached hydrogen (secondary N) is 1. The molecule has 2 aromatic rings. The number of amides is 2. The minimum absolute atomic E-state index is 0.141. The molecule has 1 saturated heterocycles. The van der Waals surface area contributed by atoms with Crippen LogP contribution in [0.3, 0.4) is 0 Å². The third kappa shape index (κ3) is 3.48. The van der Waals surface area contributed by atoms with Gasteiger partial charge in [0.05, 0.1) is 17.5 Å². The molecule has 1 aliphatic heterocycles. The molecule has 2 amide bonds. The smallest absolute Gasteiger partial charge is 0.263 e. The molecule has 0 bridgehead atoms. The number of likely N-dealkylation sites (tertiary alicyclic amines) is 1. The van der Waals surface area contributed by atoms with Gasteiger partial charge in [0, 0.05) is 26.1 Å². The highest BCUT2D eigenvalue weighted by Crippen LogP contribution is 2.30. The Bertz CT molecular complexity index is 733. The van der Waals surface area contributed by atoms with Crippen LogP contribution in [0.25, 0.3) is 10.6 Å². The minimum Gasteiger partial charge on any atom is -0.361 e. The molecule has 24 heavy (non-hydrogen) atoms. The zero-order chi connectivity index (χ0) is 17.1. The lowest BCUT2D eigenvalue weighted by molar-refractivity contribution is -0.127. The standard InChI is InChI=1S/C16H20N4O3S/c1-10-14(11(2)23-19-10)16-18-9-12(24-16)15(22)17-6-4-8-20-7-3-5-13(20)21/h9H,3-8H2,1-2H3,(H,17,22). The van der Waals surface area contributed by atoms with Gasteiger partial charge >= 0.3 is 0 Å². The van der Waals surface area contributed by atoms with E-state index in [1.54, 1.807) is 6.20 Å². The first kappa shape index (κ1) is 16.6. The summed E-state index contributed by atoms with van der Waals surface area (Å²) in [7, 11) is 0. The summed E-state index contributed by atoms with van der Waals surface area (Å²) in [5.41, 5.74) is 1.62. The van der Waals surface area contributed by atoms with Crippen molar-refractivity contribution >= 4 is 23.2 Å². The molecule has 8 heteroatoms. The molecule has 1 N–H and O–H groups in total. The number of nitrogens with zero attached hydrogens (tertiary/aromatic N) is 3. The average molecular weight is 348 g/mol. The summed E-state index contributed by atoms with van der Waals surface area (Å²) in [6.07, 6.45) is 3.92. The van der Waals surface area contributed by atoms with E-state index in [4.69, 9.17) is 4.52 Å². The molecule has 128 valence electrons. The quantitative estimate of drug-likeness (QED) is 0.808. The van der Waals surface area contributed by atoms with Gasteiger partial charge in [-0.05, 0) is 26.7 Å². The van der Waals surface area contributed by atoms with Crippen molar-refractivity contribution in [1.82, 2.24) is 20.4 Å². The lowest BCUT2D eigenvalue weighted by Gasteiger charge is -2.15. The second-order valence-corrected chi connectivity index (χ2v) is 6.85. The number of aromatic nitrogens is 2. The first-order chi connectivity index (χ1) is 11.6. The molecule has 1 fully saturated rings. The Morgan fingerprint density at radius 3 is 2.96 bits per heavy atom. The maximum absolute atomic E-state index is 12.2. The van der Waals surface area contributed by atoms with Crippen LogP contribution in [0.1, 0.15) is 40.4 Å². The third-order valence-corrected chi connectivity index (χ3v) is 5.05. The molecule has 3 heterocycles. The van der Waals surface area contributed by atoms with E-state index in [2.05, 4.69) is 15.5 Å². The summed E-state index contributed by atoms with van der Waals surface area (Å²) in [6, 6.07) is 0. The van der Waals surface area contributed by atoms with Crippen LogP contribution in [0.4, 0.5) is 0 Å². The highest BCUT2D eigenvalue weighted by molar-refractivity contribution is 7.16. The van der Waals surface area contributed by atoms with Crippen molar-refractivity contribution < 1.29 is 14.1 Å². The molecule has 3 rings (SSSR count). The Labute approximate surface area is 144 Å². The number of carbonyl (C=O) groups is 2. The van der Waals surface area contributed by atoms with E-state index in [1.807, 2.05) is 18.7 Å². The van der Waals surface area contributed by atoms with E-state index in [9.17, 15) is 9.59 Å². The molecule has 1 aliphatic rings. The van der Waals surface area contributed by atoms with Gasteiger partial charge in [0.2, 0.25) is 5.91 Å². The van der Waals surface area contributed by atoms with Gasteiger partial charge in [-0.15, -0.1) is 11.3 Å². The lowest BCUT2D eigenvalue weighted by atomic mass is 10.2. The molecule has 0 saturated carbocycles. The number of hydrogen-bond donors (Lipinski definition) is 1. The molecular formula is C16H20N4O3S. The van der Waals surface area contributed by atoms with Crippen LogP contribution >= 0.6 is 11.3 Å². The third-order valence-electron chi connectivity index (χ3n) is 4.04. The highest BCUT2D eigenvalue weighted by atomic mass is 32.1. The van der Waals surface area contributed by atoms with Crippen molar-refractivity contribution in [3.63, 3.8) is 0 Å². The number of rotatable bonds is 6. The maximum Gasteiger partial charge on any atom is 0.263 e. The van der Waals surface area contributed by atoms with Crippen molar-refractivity contribution in [2.24, 2.45) is 0 Å². The summed E-state index contributed by atoms with van der Waals surface area (Å²) >= 11 is 1.32. The first-order valence-electron chi connectivity index (χ1n) is 8.01. The maximum atomic E-state index is 12.2. The van der Waals surface area contributed by atoms with Gasteiger partial charge in [-0.25, -0.2) is 4.98 Å². The van der Waals surface area contributed by atoms with E-state index in [0.29, 0.717) is 30.1 Å². The minimum atomic E-state index is -0.141. The van der Waals surface area contributed by atoms with Crippen LogP contribution in [-0.2, 0) is 4.79 Å². The largest absolute Gasteiger partial charge is 0.361 e. The summed E-state index contributed by atoms with van der Waals surface area (Å²) in [6.45, 7) is 5.76. The van der Waals surface area contributed by atoms with E-state index < -0.39 is 0 Å². The zero-order valence-electron chi connectivity index (χ0n) is 13.8. The van der Waals surface area contributed by atoms with Crippen LogP contribution in [0.5, 0.6) is 0 Å². The van der Waals surface area contributed by atoms with Gasteiger partial charge in [0.25, 0.3) is 5.91 Å². The van der Waals surface area contributed by atoms with Crippen molar-refractivity contribution in [3.8, 4) is 10.6 Å². The first-order valence-corrected chi connectivity index (χ1v) is 8.83. The van der Waals surface area contributed by atoms with Crippen LogP contribution in [0, 0.1) is 13.8 Å². The van der Waals surface area contributed by atoms with Crippen molar-refractivity contribution in [3.05, 3.63) is 22.5 Å². The van der Waals surface area contributed by atoms with Crippen molar-refractivity contribution in [2.75, 3.05) is 19.6 Å². The monoisotopic (exact) mass is 348 g/mol. The van der Waals surface area contributed by atoms with E-state index in [0.717, 1.165) is 35.7 Å². The molecular weight excluding hydrogens is 328 g/mol. The van der Waals surface area contributed by atoms with Gasteiger partial charge in [0.15, 0.2) is 0 Å². The van der Waals surface area contributed by atoms with Crippen LogP contribution in [0.2, 0.25) is 0 Å². The molecule has 0 unspecified atom stereocenters. The molecule has 7 nitrogen and oxygen atoms in total. The molecule has 0 aliphatic carbocycles. The molecule has 2 aromatic heterocycles. The van der Waals surface area contributed by atoms with Crippen LogP contribution in [-0.4, -0.2) is 46.5 Å². The van der Waals surface area contributed by atoms with E-state index in [1.165, 1.54) is 11.3 Å². The Kier molecular flexibility index (Phi) is 4.94. The number of aryl methyl sites for hydroxylation is 2. The van der Waals surface area contributed by atoms with Crippen LogP contribution in [0.15, 0.2) is 10.7 Å². The fraction of sp³-hybridized carbons (Fsp3) is 0.500. The summed E-state index contributed by atoms with van der Waals surface area (Å²) in [5.74, 6) is 0.773. The van der Waals surface area contributed by atoms with Gasteiger partial charge in [-0.3, -0.25) is 9.59 Å². The highest BCUT2D eigenvalue weighted by Gasteiger charge is 2.20. The Balaban J connectivity index is 1.52. The second kappa shape index (κ2) is 7.12. The summed E-state index contributed by atoms with van der Waals surface area (Å²) in [4.78, 5) is 30.4. The fourth-order valence-electron chi connectivity index (χ4n) is 2.78. The van der Waals surface area contributed by atoms with Gasteiger partial charge in [0.1, 0.15) is 15.6 Å². The van der Waals surface area contributed by atoms with Gasteiger partial charge in [-0.2, -0.15) is 0 Å². The number of thiazole rings is 1. The van der Waals surface area contributed by atoms with Crippen molar-refractivity contribution in [2.45, 2.75) is 33.1 Å². The molecule has 0 radical (unpaired) electrons. The number of carbonyl (C=O) groups excluding carboxylic acids is 2. The van der Waals surface area contributed by atoms with E-state index in [-0.39, 0.29) is 11.8 Å². The predicted octanol–water partition coefficient (Wildman–Crippen LogP) is 2.16. The number of hydrogen-bond acceptors (Lipinski definition) is 6. The second-order valence-electron chi connectivity index (χ2n) is 5.82. The van der Waals surface area contributed by atoms with Crippen molar-refractivity contribution in [1.29, 1.82) is 0 Å². The lowest BCUT2D eigenvalue weighted by Crippen LogP contribution is -2.30. The Morgan fingerprint density at radius 2 is 2.29 bits per heavy atom. The molecule has 0 spiro atoms. The zero-order valence-corrected chi connectivity index (χ0v) is 14.6. The molecule has 0 atom stereocenters. The summed E-state index contributed by atoms with van der Waals surface area (Å²) < 4.78 is 5.14. The normalized spacial score (nSPS) is 14.4. The average Bonchev–Trinajstić information content (AvgIpc) is 3.25.